The minimum Gasteiger partial charge on any atom is -0.314 e. The zero-order valence-electron chi connectivity index (χ0n) is 11.0. The molecule has 0 aromatic heterocycles. The molecule has 1 heterocycles. The van der Waals surface area contributed by atoms with Crippen LogP contribution in [0.1, 0.15) is 11.6 Å². The molecule has 1 aliphatic rings. The maximum atomic E-state index is 13.2. The Morgan fingerprint density at radius 1 is 1.21 bits per heavy atom. The highest BCUT2D eigenvalue weighted by atomic mass is 35.5. The minimum atomic E-state index is -0.307. The molecule has 0 amide bonds. The fourth-order valence-corrected chi connectivity index (χ4v) is 2.63. The fraction of sp³-hybridized carbons (Fsp3) is 0.538. The van der Waals surface area contributed by atoms with Crippen molar-refractivity contribution in [2.45, 2.75) is 10.9 Å². The number of thioether (sulfide) groups is 1. The molecule has 19 heavy (non-hydrogen) atoms. The van der Waals surface area contributed by atoms with E-state index >= 15 is 0 Å². The first-order chi connectivity index (χ1) is 8.35. The van der Waals surface area contributed by atoms with Gasteiger partial charge in [0.1, 0.15) is 6.67 Å². The fourth-order valence-electron chi connectivity index (χ4n) is 2.22. The predicted molar refractivity (Wildman–Crippen MR) is 85.9 cm³/mol. The maximum Gasteiger partial charge on any atom is 0.109 e. The van der Waals surface area contributed by atoms with Gasteiger partial charge in [0.2, 0.25) is 0 Å². The van der Waals surface area contributed by atoms with Crippen molar-refractivity contribution in [2.75, 3.05) is 39.1 Å². The Balaban J connectivity index is 0.00000162. The van der Waals surface area contributed by atoms with Crippen molar-refractivity contribution in [2.24, 2.45) is 0 Å². The van der Waals surface area contributed by atoms with Crippen molar-refractivity contribution in [1.82, 2.24) is 10.2 Å². The monoisotopic (exact) mass is 326 g/mol. The summed E-state index contributed by atoms with van der Waals surface area (Å²) in [7, 11) is 0. The van der Waals surface area contributed by atoms with Gasteiger partial charge in [-0.25, -0.2) is 4.39 Å². The van der Waals surface area contributed by atoms with Crippen LogP contribution in [0.3, 0.4) is 0 Å². The lowest BCUT2D eigenvalue weighted by Gasteiger charge is -2.33. The molecular formula is C13H21Cl2FN2S. The highest BCUT2D eigenvalue weighted by Crippen LogP contribution is 2.24. The van der Waals surface area contributed by atoms with Crippen LogP contribution in [0.5, 0.6) is 0 Å². The van der Waals surface area contributed by atoms with E-state index in [1.165, 1.54) is 4.90 Å². The number of benzene rings is 1. The van der Waals surface area contributed by atoms with Crippen LogP contribution in [0.4, 0.5) is 4.39 Å². The number of rotatable bonds is 4. The Bertz CT molecular complexity index is 345. The van der Waals surface area contributed by atoms with Crippen molar-refractivity contribution in [1.29, 1.82) is 0 Å². The van der Waals surface area contributed by atoms with Crippen LogP contribution in [0, 0.1) is 0 Å². The molecule has 2 nitrogen and oxygen atoms in total. The molecule has 1 N–H and O–H groups in total. The summed E-state index contributed by atoms with van der Waals surface area (Å²) in [5.41, 5.74) is 1.09. The third kappa shape index (κ3) is 5.12. The summed E-state index contributed by atoms with van der Waals surface area (Å²) in [6.45, 7) is 3.47. The molecule has 0 spiro atoms. The molecular weight excluding hydrogens is 306 g/mol. The Morgan fingerprint density at radius 2 is 1.79 bits per heavy atom. The van der Waals surface area contributed by atoms with Crippen molar-refractivity contribution in [3.8, 4) is 0 Å². The van der Waals surface area contributed by atoms with Crippen molar-refractivity contribution in [3.63, 3.8) is 0 Å². The molecule has 0 aliphatic carbocycles. The molecule has 0 radical (unpaired) electrons. The van der Waals surface area contributed by atoms with Gasteiger partial charge in [0.05, 0.1) is 6.04 Å². The van der Waals surface area contributed by atoms with E-state index in [1.54, 1.807) is 11.8 Å². The first-order valence-corrected chi connectivity index (χ1v) is 7.22. The second-order valence-electron chi connectivity index (χ2n) is 4.23. The Labute approximate surface area is 131 Å². The normalized spacial score (nSPS) is 17.2. The van der Waals surface area contributed by atoms with Crippen LogP contribution < -0.4 is 5.32 Å². The molecule has 1 fully saturated rings. The number of halogens is 3. The van der Waals surface area contributed by atoms with Crippen molar-refractivity contribution in [3.05, 3.63) is 29.8 Å². The minimum absolute atomic E-state index is 0. The lowest BCUT2D eigenvalue weighted by atomic mass is 10.1. The van der Waals surface area contributed by atoms with E-state index in [0.717, 1.165) is 31.7 Å². The van der Waals surface area contributed by atoms with E-state index in [4.69, 9.17) is 0 Å². The second-order valence-corrected chi connectivity index (χ2v) is 5.11. The van der Waals surface area contributed by atoms with Gasteiger partial charge >= 0.3 is 0 Å². The third-order valence-electron chi connectivity index (χ3n) is 3.24. The van der Waals surface area contributed by atoms with E-state index in [0.29, 0.717) is 0 Å². The molecule has 0 bridgehead atoms. The standard InChI is InChI=1S/C13H19FN2S.2ClH/c1-17-12-4-2-11(3-5-12)13(10-14)16-8-6-15-7-9-16;;/h2-5,13,15H,6-10H2,1H3;2*1H/t13-;;/m1../s1. The summed E-state index contributed by atoms with van der Waals surface area (Å²) in [5, 5.41) is 3.30. The summed E-state index contributed by atoms with van der Waals surface area (Å²) < 4.78 is 13.2. The second kappa shape index (κ2) is 9.83. The van der Waals surface area contributed by atoms with Crippen LogP contribution in [-0.2, 0) is 0 Å². The highest BCUT2D eigenvalue weighted by Gasteiger charge is 2.21. The van der Waals surface area contributed by atoms with Crippen molar-refractivity contribution >= 4 is 36.6 Å². The number of hydrogen-bond acceptors (Lipinski definition) is 3. The Morgan fingerprint density at radius 3 is 2.26 bits per heavy atom. The van der Waals surface area contributed by atoms with Gasteiger partial charge in [-0.1, -0.05) is 12.1 Å². The number of alkyl halides is 1. The van der Waals surface area contributed by atoms with Crippen LogP contribution in [-0.4, -0.2) is 44.0 Å². The summed E-state index contributed by atoms with van der Waals surface area (Å²) in [6, 6.07) is 8.18. The lowest BCUT2D eigenvalue weighted by Crippen LogP contribution is -2.45. The van der Waals surface area contributed by atoms with Gasteiger partial charge in [-0.15, -0.1) is 36.6 Å². The average Bonchev–Trinajstić information content (AvgIpc) is 2.42. The number of piperazine rings is 1. The molecule has 0 unspecified atom stereocenters. The average molecular weight is 327 g/mol. The smallest absolute Gasteiger partial charge is 0.109 e. The van der Waals surface area contributed by atoms with E-state index in [-0.39, 0.29) is 37.5 Å². The number of nitrogens with one attached hydrogen (secondary N) is 1. The molecule has 1 aromatic rings. The van der Waals surface area contributed by atoms with Crippen molar-refractivity contribution < 1.29 is 4.39 Å². The molecule has 1 saturated heterocycles. The zero-order chi connectivity index (χ0) is 12.1. The Hall–Kier alpha value is -0.000000000000000111. The van der Waals surface area contributed by atoms with Gasteiger partial charge < -0.3 is 5.32 Å². The van der Waals surface area contributed by atoms with Gasteiger partial charge in [0.25, 0.3) is 0 Å². The molecule has 0 saturated carbocycles. The largest absolute Gasteiger partial charge is 0.314 e. The molecule has 6 heteroatoms. The summed E-state index contributed by atoms with van der Waals surface area (Å²) in [4.78, 5) is 3.46. The third-order valence-corrected chi connectivity index (χ3v) is 3.98. The summed E-state index contributed by atoms with van der Waals surface area (Å²) in [6.07, 6.45) is 2.05. The molecule has 2 rings (SSSR count). The van der Waals surface area contributed by atoms with E-state index in [1.807, 2.05) is 0 Å². The maximum absolute atomic E-state index is 13.2. The van der Waals surface area contributed by atoms with Gasteiger partial charge in [-0.2, -0.15) is 0 Å². The molecule has 1 aliphatic heterocycles. The Kier molecular flexibility index (Phi) is 9.83. The van der Waals surface area contributed by atoms with Crippen LogP contribution in [0.2, 0.25) is 0 Å². The topological polar surface area (TPSA) is 15.3 Å². The lowest BCUT2D eigenvalue weighted by molar-refractivity contribution is 0.147. The van der Waals surface area contributed by atoms with Crippen LogP contribution >= 0.6 is 36.6 Å². The molecule has 1 atom stereocenters. The van der Waals surface area contributed by atoms with Crippen LogP contribution in [0.15, 0.2) is 29.2 Å². The van der Waals surface area contributed by atoms with Gasteiger partial charge in [-0.3, -0.25) is 4.90 Å². The first-order valence-electron chi connectivity index (χ1n) is 6.00. The van der Waals surface area contributed by atoms with E-state index in [2.05, 4.69) is 40.7 Å². The zero-order valence-corrected chi connectivity index (χ0v) is 13.4. The predicted octanol–water partition coefficient (Wildman–Crippen LogP) is 3.17. The SMILES string of the molecule is CSc1ccc([C@@H](CF)N2CCNCC2)cc1.Cl.Cl. The summed E-state index contributed by atoms with van der Waals surface area (Å²) >= 11 is 1.72. The number of nitrogens with zero attached hydrogens (tertiary/aromatic N) is 1. The first kappa shape index (κ1) is 19.0. The molecule has 110 valence electrons. The van der Waals surface area contributed by atoms with Gasteiger partial charge in [0, 0.05) is 31.1 Å². The van der Waals surface area contributed by atoms with Crippen LogP contribution in [0.25, 0.3) is 0 Å². The quantitative estimate of drug-likeness (QED) is 0.855. The van der Waals surface area contributed by atoms with Gasteiger partial charge in [-0.05, 0) is 24.0 Å². The number of hydrogen-bond donors (Lipinski definition) is 1. The van der Waals surface area contributed by atoms with Gasteiger partial charge in [0.15, 0.2) is 0 Å². The highest BCUT2D eigenvalue weighted by molar-refractivity contribution is 7.98. The summed E-state index contributed by atoms with van der Waals surface area (Å²) in [5.74, 6) is 0. The van der Waals surface area contributed by atoms with E-state index in [9.17, 15) is 4.39 Å². The molecule has 1 aromatic carbocycles. The van der Waals surface area contributed by atoms with E-state index < -0.39 is 0 Å².